The summed E-state index contributed by atoms with van der Waals surface area (Å²) in [6.07, 6.45) is 5.76. The van der Waals surface area contributed by atoms with Crippen molar-refractivity contribution in [2.75, 3.05) is 5.32 Å². The zero-order valence-corrected chi connectivity index (χ0v) is 8.25. The smallest absolute Gasteiger partial charge is 0.148 e. The van der Waals surface area contributed by atoms with Gasteiger partial charge in [0, 0.05) is 6.04 Å². The summed E-state index contributed by atoms with van der Waals surface area (Å²) in [5, 5.41) is 3.70. The Morgan fingerprint density at radius 2 is 2.54 bits per heavy atom. The van der Waals surface area contributed by atoms with Crippen LogP contribution in [0.2, 0.25) is 5.02 Å². The molecule has 13 heavy (non-hydrogen) atoms. The normalized spacial score (nSPS) is 12.2. The molecule has 70 valence electrons. The van der Waals surface area contributed by atoms with Crippen LogP contribution in [0, 0.1) is 0 Å². The van der Waals surface area contributed by atoms with Crippen molar-refractivity contribution in [3.63, 3.8) is 0 Å². The van der Waals surface area contributed by atoms with E-state index in [0.29, 0.717) is 10.8 Å². The summed E-state index contributed by atoms with van der Waals surface area (Å²) in [4.78, 5) is 7.81. The molecule has 0 bridgehead atoms. The maximum absolute atomic E-state index is 5.86. The van der Waals surface area contributed by atoms with Crippen molar-refractivity contribution in [1.82, 2.24) is 9.97 Å². The first-order chi connectivity index (χ1) is 6.24. The molecular weight excluding hydrogens is 186 g/mol. The van der Waals surface area contributed by atoms with Crippen LogP contribution in [0.25, 0.3) is 0 Å². The monoisotopic (exact) mass is 197 g/mol. The second-order valence-electron chi connectivity index (χ2n) is 2.79. The number of hydrogen-bond donors (Lipinski definition) is 1. The van der Waals surface area contributed by atoms with Crippen LogP contribution in [-0.2, 0) is 0 Å². The van der Waals surface area contributed by atoms with Gasteiger partial charge in [-0.3, -0.25) is 0 Å². The topological polar surface area (TPSA) is 37.8 Å². The Kier molecular flexibility index (Phi) is 3.71. The lowest BCUT2D eigenvalue weighted by atomic mass is 10.2. The van der Waals surface area contributed by atoms with E-state index in [1.54, 1.807) is 6.20 Å². The third-order valence-corrected chi connectivity index (χ3v) is 1.85. The van der Waals surface area contributed by atoms with E-state index in [4.69, 9.17) is 11.6 Å². The van der Waals surface area contributed by atoms with E-state index in [-0.39, 0.29) is 6.04 Å². The number of hydrogen-bond acceptors (Lipinski definition) is 3. The largest absolute Gasteiger partial charge is 0.366 e. The SMILES string of the molecule is C=CCC(C)Nc1ncncc1Cl. The molecule has 1 N–H and O–H groups in total. The van der Waals surface area contributed by atoms with Gasteiger partial charge in [0.1, 0.15) is 17.2 Å². The first kappa shape index (κ1) is 9.99. The fraction of sp³-hybridized carbons (Fsp3) is 0.333. The molecule has 0 amide bonds. The van der Waals surface area contributed by atoms with E-state index in [9.17, 15) is 0 Å². The summed E-state index contributed by atoms with van der Waals surface area (Å²) in [5.74, 6) is 0.672. The van der Waals surface area contributed by atoms with Gasteiger partial charge in [-0.1, -0.05) is 17.7 Å². The van der Waals surface area contributed by atoms with Gasteiger partial charge in [0.25, 0.3) is 0 Å². The first-order valence-electron chi connectivity index (χ1n) is 4.07. The number of anilines is 1. The highest BCUT2D eigenvalue weighted by molar-refractivity contribution is 6.32. The molecular formula is C9H12ClN3. The predicted molar refractivity (Wildman–Crippen MR) is 54.9 cm³/mol. The molecule has 0 aliphatic rings. The molecule has 1 heterocycles. The van der Waals surface area contributed by atoms with Crippen molar-refractivity contribution in [2.45, 2.75) is 19.4 Å². The minimum atomic E-state index is 0.282. The number of rotatable bonds is 4. The summed E-state index contributed by atoms with van der Waals surface area (Å²) in [6.45, 7) is 5.70. The quantitative estimate of drug-likeness (QED) is 0.754. The van der Waals surface area contributed by atoms with Crippen molar-refractivity contribution in [1.29, 1.82) is 0 Å². The minimum absolute atomic E-state index is 0.282. The number of nitrogens with zero attached hydrogens (tertiary/aromatic N) is 2. The van der Waals surface area contributed by atoms with Crippen LogP contribution < -0.4 is 5.32 Å². The zero-order chi connectivity index (χ0) is 9.68. The van der Waals surface area contributed by atoms with Gasteiger partial charge in [0.05, 0.1) is 6.20 Å². The Labute approximate surface area is 82.9 Å². The Bertz CT molecular complexity index is 288. The molecule has 0 aliphatic carbocycles. The molecule has 1 atom stereocenters. The van der Waals surface area contributed by atoms with Gasteiger partial charge in [-0.2, -0.15) is 0 Å². The highest BCUT2D eigenvalue weighted by Gasteiger charge is 2.03. The van der Waals surface area contributed by atoms with Gasteiger partial charge in [0.15, 0.2) is 0 Å². The molecule has 0 spiro atoms. The Morgan fingerprint density at radius 1 is 1.77 bits per heavy atom. The van der Waals surface area contributed by atoms with Gasteiger partial charge < -0.3 is 5.32 Å². The fourth-order valence-electron chi connectivity index (χ4n) is 0.961. The number of nitrogens with one attached hydrogen (secondary N) is 1. The summed E-state index contributed by atoms with van der Waals surface area (Å²) < 4.78 is 0. The molecule has 0 saturated heterocycles. The number of aromatic nitrogens is 2. The van der Waals surface area contributed by atoms with Crippen molar-refractivity contribution in [3.8, 4) is 0 Å². The lowest BCUT2D eigenvalue weighted by molar-refractivity contribution is 0.806. The van der Waals surface area contributed by atoms with Crippen LogP contribution in [0.4, 0.5) is 5.82 Å². The van der Waals surface area contributed by atoms with Crippen LogP contribution in [-0.4, -0.2) is 16.0 Å². The summed E-state index contributed by atoms with van der Waals surface area (Å²) in [7, 11) is 0. The second-order valence-corrected chi connectivity index (χ2v) is 3.20. The standard InChI is InChI=1S/C9H12ClN3/c1-3-4-7(2)13-9-8(10)5-11-6-12-9/h3,5-7H,1,4H2,2H3,(H,11,12,13). The van der Waals surface area contributed by atoms with Gasteiger partial charge in [-0.15, -0.1) is 6.58 Å². The van der Waals surface area contributed by atoms with Crippen molar-refractivity contribution < 1.29 is 0 Å². The average Bonchev–Trinajstić information content (AvgIpc) is 2.09. The molecule has 3 nitrogen and oxygen atoms in total. The van der Waals surface area contributed by atoms with E-state index in [0.717, 1.165) is 6.42 Å². The van der Waals surface area contributed by atoms with Crippen molar-refractivity contribution in [3.05, 3.63) is 30.2 Å². The van der Waals surface area contributed by atoms with Gasteiger partial charge >= 0.3 is 0 Å². The fourth-order valence-corrected chi connectivity index (χ4v) is 1.12. The van der Waals surface area contributed by atoms with Gasteiger partial charge in [-0.05, 0) is 13.3 Å². The van der Waals surface area contributed by atoms with E-state index in [2.05, 4.69) is 21.9 Å². The summed E-state index contributed by atoms with van der Waals surface area (Å²) in [6, 6.07) is 0.282. The molecule has 1 rings (SSSR count). The highest BCUT2D eigenvalue weighted by atomic mass is 35.5. The maximum Gasteiger partial charge on any atom is 0.148 e. The summed E-state index contributed by atoms with van der Waals surface area (Å²) >= 11 is 5.86. The Hall–Kier alpha value is -1.09. The van der Waals surface area contributed by atoms with Crippen LogP contribution in [0.15, 0.2) is 25.2 Å². The second kappa shape index (κ2) is 4.82. The zero-order valence-electron chi connectivity index (χ0n) is 7.50. The van der Waals surface area contributed by atoms with Crippen LogP contribution in [0.5, 0.6) is 0 Å². The summed E-state index contributed by atoms with van der Waals surface area (Å²) in [5.41, 5.74) is 0. The third-order valence-electron chi connectivity index (χ3n) is 1.57. The van der Waals surface area contributed by atoms with Crippen LogP contribution in [0.1, 0.15) is 13.3 Å². The van der Waals surface area contributed by atoms with Crippen LogP contribution in [0.3, 0.4) is 0 Å². The van der Waals surface area contributed by atoms with Gasteiger partial charge in [-0.25, -0.2) is 9.97 Å². The lowest BCUT2D eigenvalue weighted by Crippen LogP contribution is -2.15. The van der Waals surface area contributed by atoms with E-state index in [1.165, 1.54) is 6.33 Å². The molecule has 4 heteroatoms. The predicted octanol–water partition coefficient (Wildman–Crippen LogP) is 2.51. The minimum Gasteiger partial charge on any atom is -0.366 e. The average molecular weight is 198 g/mol. The molecule has 1 aromatic rings. The third kappa shape index (κ3) is 3.03. The maximum atomic E-state index is 5.86. The van der Waals surface area contributed by atoms with Crippen LogP contribution >= 0.6 is 11.6 Å². The molecule has 0 aliphatic heterocycles. The molecule has 0 fully saturated rings. The molecule has 0 saturated carbocycles. The lowest BCUT2D eigenvalue weighted by Gasteiger charge is -2.12. The Morgan fingerprint density at radius 3 is 3.15 bits per heavy atom. The first-order valence-corrected chi connectivity index (χ1v) is 4.44. The Balaban J connectivity index is 2.63. The molecule has 1 unspecified atom stereocenters. The molecule has 0 radical (unpaired) electrons. The van der Waals surface area contributed by atoms with Crippen molar-refractivity contribution in [2.24, 2.45) is 0 Å². The molecule has 1 aromatic heterocycles. The van der Waals surface area contributed by atoms with Crippen molar-refractivity contribution >= 4 is 17.4 Å². The van der Waals surface area contributed by atoms with Gasteiger partial charge in [0.2, 0.25) is 0 Å². The highest BCUT2D eigenvalue weighted by Crippen LogP contribution is 2.17. The molecule has 0 aromatic carbocycles. The van der Waals surface area contributed by atoms with E-state index in [1.807, 2.05) is 13.0 Å². The van der Waals surface area contributed by atoms with E-state index >= 15 is 0 Å². The number of halogens is 1. The van der Waals surface area contributed by atoms with E-state index < -0.39 is 0 Å².